The molecular formula is C17H19NO3. The zero-order valence-electron chi connectivity index (χ0n) is 12.1. The van der Waals surface area contributed by atoms with Crippen molar-refractivity contribution in [3.8, 4) is 17.2 Å². The van der Waals surface area contributed by atoms with E-state index < -0.39 is 0 Å². The molecule has 0 radical (unpaired) electrons. The minimum Gasteiger partial charge on any atom is -0.489 e. The number of rotatable bonds is 6. The first-order valence-corrected chi connectivity index (χ1v) is 7.17. The van der Waals surface area contributed by atoms with E-state index in [1.807, 2.05) is 24.3 Å². The van der Waals surface area contributed by atoms with Crippen LogP contribution in [0.3, 0.4) is 0 Å². The first-order chi connectivity index (χ1) is 10.4. The highest BCUT2D eigenvalue weighted by atomic mass is 16.7. The van der Waals surface area contributed by atoms with Crippen molar-refractivity contribution in [2.45, 2.75) is 20.1 Å². The van der Waals surface area contributed by atoms with E-state index in [2.05, 4.69) is 30.4 Å². The molecule has 4 nitrogen and oxygen atoms in total. The van der Waals surface area contributed by atoms with E-state index >= 15 is 0 Å². The second-order valence-electron chi connectivity index (χ2n) is 4.85. The fraction of sp³-hybridized carbons (Fsp3) is 0.294. The Morgan fingerprint density at radius 1 is 1.05 bits per heavy atom. The van der Waals surface area contributed by atoms with Crippen LogP contribution in [0, 0.1) is 0 Å². The molecule has 3 rings (SSSR count). The average molecular weight is 285 g/mol. The molecule has 0 spiro atoms. The van der Waals surface area contributed by atoms with Gasteiger partial charge in [0.1, 0.15) is 12.4 Å². The van der Waals surface area contributed by atoms with Crippen LogP contribution in [-0.4, -0.2) is 13.3 Å². The number of hydrogen-bond acceptors (Lipinski definition) is 4. The maximum absolute atomic E-state index is 5.87. The van der Waals surface area contributed by atoms with E-state index in [4.69, 9.17) is 14.2 Å². The van der Waals surface area contributed by atoms with Crippen molar-refractivity contribution >= 4 is 0 Å². The molecule has 0 aromatic heterocycles. The summed E-state index contributed by atoms with van der Waals surface area (Å²) in [6.45, 7) is 4.74. The summed E-state index contributed by atoms with van der Waals surface area (Å²) in [5.74, 6) is 2.31. The van der Waals surface area contributed by atoms with Crippen molar-refractivity contribution in [2.24, 2.45) is 0 Å². The lowest BCUT2D eigenvalue weighted by atomic mass is 10.1. The van der Waals surface area contributed by atoms with Gasteiger partial charge < -0.3 is 19.5 Å². The summed E-state index contributed by atoms with van der Waals surface area (Å²) in [6.07, 6.45) is 0. The van der Waals surface area contributed by atoms with Crippen LogP contribution in [-0.2, 0) is 13.2 Å². The van der Waals surface area contributed by atoms with Gasteiger partial charge in [-0.3, -0.25) is 0 Å². The maximum atomic E-state index is 5.87. The minimum absolute atomic E-state index is 0.282. The van der Waals surface area contributed by atoms with Crippen molar-refractivity contribution in [3.63, 3.8) is 0 Å². The van der Waals surface area contributed by atoms with E-state index in [0.29, 0.717) is 6.61 Å². The largest absolute Gasteiger partial charge is 0.489 e. The predicted molar refractivity (Wildman–Crippen MR) is 80.7 cm³/mol. The van der Waals surface area contributed by atoms with Crippen LogP contribution < -0.4 is 19.5 Å². The van der Waals surface area contributed by atoms with Crippen LogP contribution >= 0.6 is 0 Å². The Bertz CT molecular complexity index is 613. The van der Waals surface area contributed by atoms with E-state index in [9.17, 15) is 0 Å². The lowest BCUT2D eigenvalue weighted by Crippen LogP contribution is -2.13. The van der Waals surface area contributed by atoms with Crippen molar-refractivity contribution in [3.05, 3.63) is 53.6 Å². The van der Waals surface area contributed by atoms with E-state index in [-0.39, 0.29) is 6.79 Å². The first-order valence-electron chi connectivity index (χ1n) is 7.17. The summed E-state index contributed by atoms with van der Waals surface area (Å²) >= 11 is 0. The summed E-state index contributed by atoms with van der Waals surface area (Å²) in [5.41, 5.74) is 2.45. The van der Waals surface area contributed by atoms with Gasteiger partial charge in [-0.25, -0.2) is 0 Å². The Hall–Kier alpha value is -2.20. The summed E-state index contributed by atoms with van der Waals surface area (Å²) in [7, 11) is 0. The van der Waals surface area contributed by atoms with Gasteiger partial charge in [0.05, 0.1) is 0 Å². The molecule has 0 saturated heterocycles. The molecule has 2 aromatic carbocycles. The zero-order chi connectivity index (χ0) is 14.5. The van der Waals surface area contributed by atoms with Gasteiger partial charge in [-0.2, -0.15) is 0 Å². The van der Waals surface area contributed by atoms with Crippen molar-refractivity contribution in [1.82, 2.24) is 5.32 Å². The molecular weight excluding hydrogens is 266 g/mol. The second-order valence-corrected chi connectivity index (χ2v) is 4.85. The first kappa shape index (κ1) is 13.8. The molecule has 110 valence electrons. The molecule has 0 saturated carbocycles. The third-order valence-electron chi connectivity index (χ3n) is 3.42. The van der Waals surface area contributed by atoms with Gasteiger partial charge in [-0.05, 0) is 29.8 Å². The maximum Gasteiger partial charge on any atom is 0.231 e. The quantitative estimate of drug-likeness (QED) is 0.885. The van der Waals surface area contributed by atoms with Crippen molar-refractivity contribution in [2.75, 3.05) is 13.3 Å². The summed E-state index contributed by atoms with van der Waals surface area (Å²) in [4.78, 5) is 0. The molecule has 0 amide bonds. The fourth-order valence-electron chi connectivity index (χ4n) is 2.26. The third kappa shape index (κ3) is 3.28. The average Bonchev–Trinajstić information content (AvgIpc) is 2.99. The number of fused-ring (bicyclic) bond motifs is 1. The zero-order valence-corrected chi connectivity index (χ0v) is 12.1. The SMILES string of the molecule is CCNCc1ccccc1COc1ccc2c(c1)OCO2. The van der Waals surface area contributed by atoms with Gasteiger partial charge in [0.25, 0.3) is 0 Å². The number of nitrogens with one attached hydrogen (secondary N) is 1. The van der Waals surface area contributed by atoms with E-state index in [0.717, 1.165) is 30.3 Å². The minimum atomic E-state index is 0.282. The van der Waals surface area contributed by atoms with Gasteiger partial charge in [-0.15, -0.1) is 0 Å². The molecule has 2 aromatic rings. The second kappa shape index (κ2) is 6.50. The van der Waals surface area contributed by atoms with Crippen LogP contribution in [0.25, 0.3) is 0 Å². The monoisotopic (exact) mass is 285 g/mol. The van der Waals surface area contributed by atoms with Crippen molar-refractivity contribution < 1.29 is 14.2 Å². The van der Waals surface area contributed by atoms with Gasteiger partial charge in [0, 0.05) is 12.6 Å². The Labute approximate surface area is 124 Å². The molecule has 0 aliphatic carbocycles. The van der Waals surface area contributed by atoms with E-state index in [1.165, 1.54) is 11.1 Å². The molecule has 0 atom stereocenters. The van der Waals surface area contributed by atoms with Crippen LogP contribution in [0.1, 0.15) is 18.1 Å². The van der Waals surface area contributed by atoms with Crippen LogP contribution in [0.4, 0.5) is 0 Å². The number of benzene rings is 2. The highest BCUT2D eigenvalue weighted by molar-refractivity contribution is 5.47. The molecule has 1 N–H and O–H groups in total. The molecule has 1 aliphatic rings. The standard InChI is InChI=1S/C17H19NO3/c1-2-18-10-13-5-3-4-6-14(13)11-19-15-7-8-16-17(9-15)21-12-20-16/h3-9,18H,2,10-12H2,1H3. The Morgan fingerprint density at radius 2 is 1.86 bits per heavy atom. The number of hydrogen-bond donors (Lipinski definition) is 1. The van der Waals surface area contributed by atoms with Crippen LogP contribution in [0.2, 0.25) is 0 Å². The van der Waals surface area contributed by atoms with Gasteiger partial charge in [0.15, 0.2) is 11.5 Å². The van der Waals surface area contributed by atoms with Crippen molar-refractivity contribution in [1.29, 1.82) is 0 Å². The number of ether oxygens (including phenoxy) is 3. The Morgan fingerprint density at radius 3 is 2.71 bits per heavy atom. The normalized spacial score (nSPS) is 12.4. The summed E-state index contributed by atoms with van der Waals surface area (Å²) in [5, 5.41) is 3.35. The lowest BCUT2D eigenvalue weighted by Gasteiger charge is -2.11. The van der Waals surface area contributed by atoms with Gasteiger partial charge in [-0.1, -0.05) is 31.2 Å². The summed E-state index contributed by atoms with van der Waals surface area (Å²) < 4.78 is 16.5. The lowest BCUT2D eigenvalue weighted by molar-refractivity contribution is 0.173. The predicted octanol–water partition coefficient (Wildman–Crippen LogP) is 3.10. The molecule has 0 bridgehead atoms. The Kier molecular flexibility index (Phi) is 4.26. The van der Waals surface area contributed by atoms with Crippen LogP contribution in [0.5, 0.6) is 17.2 Å². The molecule has 1 aliphatic heterocycles. The van der Waals surface area contributed by atoms with E-state index in [1.54, 1.807) is 0 Å². The summed E-state index contributed by atoms with van der Waals surface area (Å²) in [6, 6.07) is 14.0. The highest BCUT2D eigenvalue weighted by Crippen LogP contribution is 2.35. The topological polar surface area (TPSA) is 39.7 Å². The molecule has 0 unspecified atom stereocenters. The molecule has 4 heteroatoms. The molecule has 1 heterocycles. The Balaban J connectivity index is 1.67. The third-order valence-corrected chi connectivity index (χ3v) is 3.42. The smallest absolute Gasteiger partial charge is 0.231 e. The molecule has 21 heavy (non-hydrogen) atoms. The molecule has 0 fully saturated rings. The van der Waals surface area contributed by atoms with Gasteiger partial charge >= 0.3 is 0 Å². The van der Waals surface area contributed by atoms with Crippen LogP contribution in [0.15, 0.2) is 42.5 Å². The highest BCUT2D eigenvalue weighted by Gasteiger charge is 2.13. The van der Waals surface area contributed by atoms with Gasteiger partial charge in [0.2, 0.25) is 6.79 Å². The fourth-order valence-corrected chi connectivity index (χ4v) is 2.26.